The molecule has 0 aromatic heterocycles. The van der Waals surface area contributed by atoms with Crippen LogP contribution in [0.1, 0.15) is 46.5 Å². The van der Waals surface area contributed by atoms with Crippen molar-refractivity contribution in [1.29, 1.82) is 0 Å². The van der Waals surface area contributed by atoms with Gasteiger partial charge in [0.25, 0.3) is 0 Å². The van der Waals surface area contributed by atoms with Crippen molar-refractivity contribution in [3.05, 3.63) is 0 Å². The molecule has 1 aliphatic heterocycles. The van der Waals surface area contributed by atoms with Crippen molar-refractivity contribution in [3.63, 3.8) is 0 Å². The highest BCUT2D eigenvalue weighted by atomic mass is 16.3. The predicted molar refractivity (Wildman–Crippen MR) is 73.3 cm³/mol. The first-order valence-corrected chi connectivity index (χ1v) is 7.09. The summed E-state index contributed by atoms with van der Waals surface area (Å²) in [6.45, 7) is 8.19. The van der Waals surface area contributed by atoms with Crippen LogP contribution in [0.5, 0.6) is 0 Å². The van der Waals surface area contributed by atoms with Crippen LogP contribution < -0.4 is 10.6 Å². The number of amides is 1. The number of nitrogens with one attached hydrogen (secondary N) is 2. The van der Waals surface area contributed by atoms with Crippen molar-refractivity contribution in [2.45, 2.75) is 52.5 Å². The molecule has 4 nitrogen and oxygen atoms in total. The van der Waals surface area contributed by atoms with Crippen LogP contribution in [-0.4, -0.2) is 36.8 Å². The Bertz CT molecular complexity index is 267. The van der Waals surface area contributed by atoms with Gasteiger partial charge in [0.1, 0.15) is 0 Å². The molecule has 0 bridgehead atoms. The zero-order valence-electron chi connectivity index (χ0n) is 12.0. The molecule has 0 saturated carbocycles. The number of aliphatic hydroxyl groups is 1. The molecule has 106 valence electrons. The van der Waals surface area contributed by atoms with E-state index in [4.69, 9.17) is 5.11 Å². The number of aliphatic hydroxyl groups excluding tert-OH is 1. The molecule has 4 heteroatoms. The summed E-state index contributed by atoms with van der Waals surface area (Å²) in [7, 11) is 0. The molecule has 1 amide bonds. The van der Waals surface area contributed by atoms with Gasteiger partial charge in [-0.3, -0.25) is 4.79 Å². The maximum absolute atomic E-state index is 12.1. The second kappa shape index (κ2) is 7.10. The van der Waals surface area contributed by atoms with Gasteiger partial charge in [0.2, 0.25) is 5.91 Å². The Kier molecular flexibility index (Phi) is 6.09. The first-order valence-electron chi connectivity index (χ1n) is 7.09. The minimum absolute atomic E-state index is 0.0424. The number of hydrogen-bond acceptors (Lipinski definition) is 3. The van der Waals surface area contributed by atoms with E-state index in [9.17, 15) is 4.79 Å². The number of hydrogen-bond donors (Lipinski definition) is 3. The van der Waals surface area contributed by atoms with E-state index >= 15 is 0 Å². The van der Waals surface area contributed by atoms with Gasteiger partial charge in [0.05, 0.1) is 6.04 Å². The van der Waals surface area contributed by atoms with Gasteiger partial charge in [-0.05, 0) is 43.6 Å². The normalized spacial score (nSPS) is 24.6. The van der Waals surface area contributed by atoms with Gasteiger partial charge in [0.15, 0.2) is 0 Å². The van der Waals surface area contributed by atoms with Gasteiger partial charge in [-0.1, -0.05) is 20.8 Å². The lowest BCUT2D eigenvalue weighted by molar-refractivity contribution is -0.126. The van der Waals surface area contributed by atoms with Gasteiger partial charge in [-0.25, -0.2) is 0 Å². The second-order valence-electron chi connectivity index (χ2n) is 6.20. The molecule has 0 radical (unpaired) electrons. The van der Waals surface area contributed by atoms with Crippen LogP contribution in [0.25, 0.3) is 0 Å². The first kappa shape index (κ1) is 15.4. The molecule has 1 rings (SSSR count). The van der Waals surface area contributed by atoms with Crippen LogP contribution >= 0.6 is 0 Å². The van der Waals surface area contributed by atoms with Gasteiger partial charge in [0, 0.05) is 13.2 Å². The highest BCUT2D eigenvalue weighted by molar-refractivity contribution is 5.82. The Morgan fingerprint density at radius 3 is 2.89 bits per heavy atom. The third kappa shape index (κ3) is 4.58. The summed E-state index contributed by atoms with van der Waals surface area (Å²) in [5, 5.41) is 15.2. The first-order chi connectivity index (χ1) is 8.47. The van der Waals surface area contributed by atoms with E-state index in [1.165, 1.54) is 0 Å². The summed E-state index contributed by atoms with van der Waals surface area (Å²) in [5.41, 5.74) is 0.0424. The summed E-state index contributed by atoms with van der Waals surface area (Å²) in [6.07, 6.45) is 4.13. The zero-order valence-corrected chi connectivity index (χ0v) is 12.0. The summed E-state index contributed by atoms with van der Waals surface area (Å²) in [5.74, 6) is 0.447. The summed E-state index contributed by atoms with van der Waals surface area (Å²) >= 11 is 0. The molecule has 0 aliphatic carbocycles. The lowest BCUT2D eigenvalue weighted by atomic mass is 9.77. The average Bonchev–Trinajstić information content (AvgIpc) is 2.33. The van der Waals surface area contributed by atoms with Gasteiger partial charge in [-0.15, -0.1) is 0 Å². The predicted octanol–water partition coefficient (Wildman–Crippen LogP) is 1.29. The minimum Gasteiger partial charge on any atom is -0.396 e. The molecule has 0 aromatic carbocycles. The van der Waals surface area contributed by atoms with Crippen molar-refractivity contribution in [1.82, 2.24) is 10.6 Å². The van der Waals surface area contributed by atoms with E-state index in [-0.39, 0.29) is 24.0 Å². The molecule has 2 atom stereocenters. The zero-order chi connectivity index (χ0) is 13.6. The summed E-state index contributed by atoms with van der Waals surface area (Å²) in [6, 6.07) is -0.0680. The summed E-state index contributed by atoms with van der Waals surface area (Å²) in [4.78, 5) is 12.1. The van der Waals surface area contributed by atoms with E-state index in [1.54, 1.807) is 0 Å². The Balaban J connectivity index is 2.27. The molecule has 1 saturated heterocycles. The fourth-order valence-electron chi connectivity index (χ4n) is 2.51. The standard InChI is InChI=1S/C14H28N2O2/c1-11(10-17)6-4-8-16-13(18)12-14(2,3)7-5-9-15-12/h11-12,15,17H,4-10H2,1-3H3,(H,16,18). The second-order valence-corrected chi connectivity index (χ2v) is 6.20. The van der Waals surface area contributed by atoms with Gasteiger partial charge >= 0.3 is 0 Å². The lowest BCUT2D eigenvalue weighted by Crippen LogP contribution is -2.55. The van der Waals surface area contributed by atoms with Crippen molar-refractivity contribution < 1.29 is 9.90 Å². The Labute approximate surface area is 111 Å². The molecule has 18 heavy (non-hydrogen) atoms. The van der Waals surface area contributed by atoms with Crippen molar-refractivity contribution >= 4 is 5.91 Å². The summed E-state index contributed by atoms with van der Waals surface area (Å²) < 4.78 is 0. The molecule has 2 unspecified atom stereocenters. The molecule has 0 spiro atoms. The maximum atomic E-state index is 12.1. The molecule has 1 aliphatic rings. The van der Waals surface area contributed by atoms with E-state index in [0.717, 1.165) is 32.2 Å². The topological polar surface area (TPSA) is 61.4 Å². The molecule has 1 fully saturated rings. The lowest BCUT2D eigenvalue weighted by Gasteiger charge is -2.38. The smallest absolute Gasteiger partial charge is 0.237 e. The van der Waals surface area contributed by atoms with Crippen LogP contribution in [0, 0.1) is 11.3 Å². The number of carbonyl (C=O) groups excluding carboxylic acids is 1. The van der Waals surface area contributed by atoms with Crippen molar-refractivity contribution in [2.24, 2.45) is 11.3 Å². The molecule has 3 N–H and O–H groups in total. The number of piperidine rings is 1. The van der Waals surface area contributed by atoms with Crippen molar-refractivity contribution in [2.75, 3.05) is 19.7 Å². The van der Waals surface area contributed by atoms with E-state index in [0.29, 0.717) is 12.5 Å². The van der Waals surface area contributed by atoms with E-state index in [2.05, 4.69) is 24.5 Å². The van der Waals surface area contributed by atoms with Crippen LogP contribution in [0.4, 0.5) is 0 Å². The average molecular weight is 256 g/mol. The fraction of sp³-hybridized carbons (Fsp3) is 0.929. The fourth-order valence-corrected chi connectivity index (χ4v) is 2.51. The molecular weight excluding hydrogens is 228 g/mol. The third-order valence-corrected chi connectivity index (χ3v) is 3.87. The monoisotopic (exact) mass is 256 g/mol. The number of carbonyl (C=O) groups is 1. The SMILES string of the molecule is CC(CO)CCCNC(=O)C1NCCCC1(C)C. The minimum atomic E-state index is -0.0680. The van der Waals surface area contributed by atoms with E-state index < -0.39 is 0 Å². The highest BCUT2D eigenvalue weighted by Crippen LogP contribution is 2.30. The Morgan fingerprint density at radius 1 is 1.56 bits per heavy atom. The van der Waals surface area contributed by atoms with Gasteiger partial charge < -0.3 is 15.7 Å². The Hall–Kier alpha value is -0.610. The third-order valence-electron chi connectivity index (χ3n) is 3.87. The molecular formula is C14H28N2O2. The van der Waals surface area contributed by atoms with Crippen LogP contribution in [0.2, 0.25) is 0 Å². The quantitative estimate of drug-likeness (QED) is 0.628. The van der Waals surface area contributed by atoms with E-state index in [1.807, 2.05) is 6.92 Å². The molecule has 1 heterocycles. The number of rotatable bonds is 6. The van der Waals surface area contributed by atoms with Crippen molar-refractivity contribution in [3.8, 4) is 0 Å². The van der Waals surface area contributed by atoms with Crippen LogP contribution in [0.3, 0.4) is 0 Å². The Morgan fingerprint density at radius 2 is 2.28 bits per heavy atom. The molecule has 0 aromatic rings. The van der Waals surface area contributed by atoms with Crippen LogP contribution in [-0.2, 0) is 4.79 Å². The van der Waals surface area contributed by atoms with Crippen LogP contribution in [0.15, 0.2) is 0 Å². The van der Waals surface area contributed by atoms with Gasteiger partial charge in [-0.2, -0.15) is 0 Å². The largest absolute Gasteiger partial charge is 0.396 e. The maximum Gasteiger partial charge on any atom is 0.237 e. The highest BCUT2D eigenvalue weighted by Gasteiger charge is 2.36.